The third-order valence-electron chi connectivity index (χ3n) is 2.85. The lowest BCUT2D eigenvalue weighted by Gasteiger charge is -2.06. The van der Waals surface area contributed by atoms with Gasteiger partial charge >= 0.3 is 0 Å². The molecule has 2 heterocycles. The van der Waals surface area contributed by atoms with Crippen molar-refractivity contribution in [1.29, 1.82) is 0 Å². The quantitative estimate of drug-likeness (QED) is 0.860. The van der Waals surface area contributed by atoms with Crippen LogP contribution in [0.25, 0.3) is 5.69 Å². The minimum Gasteiger partial charge on any atom is -0.325 e. The first kappa shape index (κ1) is 9.93. The topological polar surface area (TPSA) is 43.8 Å². The number of para-hydroxylation sites is 1. The van der Waals surface area contributed by atoms with Crippen molar-refractivity contribution in [3.63, 3.8) is 0 Å². The lowest BCUT2D eigenvalue weighted by atomic mass is 10.2. The van der Waals surface area contributed by atoms with E-state index in [0.29, 0.717) is 6.54 Å². The van der Waals surface area contributed by atoms with Crippen molar-refractivity contribution in [3.05, 3.63) is 47.3 Å². The second kappa shape index (κ2) is 3.96. The highest BCUT2D eigenvalue weighted by Crippen LogP contribution is 2.32. The van der Waals surface area contributed by atoms with Crippen LogP contribution >= 0.6 is 11.8 Å². The predicted molar refractivity (Wildman–Crippen MR) is 66.5 cm³/mol. The standard InChI is InChI=1S/C12H13N3S/c13-6-12-10-7-16-8-11(10)14-15(12)9-4-2-1-3-5-9/h1-5H,6-8,13H2. The minimum atomic E-state index is 0.553. The molecule has 4 heteroatoms. The van der Waals surface area contributed by atoms with Gasteiger partial charge in [-0.25, -0.2) is 4.68 Å². The minimum absolute atomic E-state index is 0.553. The van der Waals surface area contributed by atoms with E-state index in [1.807, 2.05) is 34.6 Å². The Labute approximate surface area is 98.6 Å². The second-order valence-corrected chi connectivity index (χ2v) is 4.80. The summed E-state index contributed by atoms with van der Waals surface area (Å²) in [5.74, 6) is 2.07. The van der Waals surface area contributed by atoms with Gasteiger partial charge < -0.3 is 5.73 Å². The van der Waals surface area contributed by atoms with Crippen LogP contribution in [0.5, 0.6) is 0 Å². The fraction of sp³-hybridized carbons (Fsp3) is 0.250. The maximum absolute atomic E-state index is 5.84. The molecule has 2 N–H and O–H groups in total. The molecule has 1 aromatic heterocycles. The molecule has 16 heavy (non-hydrogen) atoms. The van der Waals surface area contributed by atoms with Crippen LogP contribution in [0.4, 0.5) is 0 Å². The number of thioether (sulfide) groups is 1. The monoisotopic (exact) mass is 231 g/mol. The maximum Gasteiger partial charge on any atom is 0.0771 e. The van der Waals surface area contributed by atoms with E-state index in [-0.39, 0.29) is 0 Å². The number of hydrogen-bond donors (Lipinski definition) is 1. The molecule has 1 aliphatic heterocycles. The molecule has 0 radical (unpaired) electrons. The molecule has 3 nitrogen and oxygen atoms in total. The molecule has 0 amide bonds. The van der Waals surface area contributed by atoms with Gasteiger partial charge in [-0.15, -0.1) is 0 Å². The van der Waals surface area contributed by atoms with Crippen LogP contribution in [0.3, 0.4) is 0 Å². The first-order chi connectivity index (χ1) is 7.90. The van der Waals surface area contributed by atoms with E-state index in [0.717, 1.165) is 22.9 Å². The Hall–Kier alpha value is -1.26. The molecule has 0 bridgehead atoms. The first-order valence-electron chi connectivity index (χ1n) is 5.33. The lowest BCUT2D eigenvalue weighted by Crippen LogP contribution is -2.08. The van der Waals surface area contributed by atoms with E-state index in [1.165, 1.54) is 11.3 Å². The Balaban J connectivity index is 2.15. The van der Waals surface area contributed by atoms with Crippen LogP contribution in [0, 0.1) is 0 Å². The van der Waals surface area contributed by atoms with E-state index < -0.39 is 0 Å². The van der Waals surface area contributed by atoms with E-state index in [2.05, 4.69) is 17.2 Å². The average Bonchev–Trinajstić information content (AvgIpc) is 2.89. The summed E-state index contributed by atoms with van der Waals surface area (Å²) in [7, 11) is 0. The van der Waals surface area contributed by atoms with Gasteiger partial charge in [-0.3, -0.25) is 0 Å². The zero-order valence-electron chi connectivity index (χ0n) is 8.89. The molecule has 0 saturated heterocycles. The van der Waals surface area contributed by atoms with E-state index in [1.54, 1.807) is 0 Å². The van der Waals surface area contributed by atoms with Gasteiger partial charge in [0, 0.05) is 23.6 Å². The third kappa shape index (κ3) is 1.45. The molecule has 82 valence electrons. The van der Waals surface area contributed by atoms with Crippen molar-refractivity contribution in [3.8, 4) is 5.69 Å². The second-order valence-electron chi connectivity index (χ2n) is 3.82. The Morgan fingerprint density at radius 1 is 1.25 bits per heavy atom. The van der Waals surface area contributed by atoms with Crippen molar-refractivity contribution in [2.24, 2.45) is 5.73 Å². The van der Waals surface area contributed by atoms with Crippen LogP contribution in [0.1, 0.15) is 17.0 Å². The summed E-state index contributed by atoms with van der Waals surface area (Å²) in [6, 6.07) is 10.2. The van der Waals surface area contributed by atoms with Gasteiger partial charge in [-0.1, -0.05) is 18.2 Å². The Morgan fingerprint density at radius 3 is 2.81 bits per heavy atom. The zero-order valence-corrected chi connectivity index (χ0v) is 9.70. The average molecular weight is 231 g/mol. The number of fused-ring (bicyclic) bond motifs is 1. The lowest BCUT2D eigenvalue weighted by molar-refractivity contribution is 0.791. The normalized spacial score (nSPS) is 14.1. The summed E-state index contributed by atoms with van der Waals surface area (Å²) in [5, 5.41) is 4.65. The molecule has 0 atom stereocenters. The summed E-state index contributed by atoms with van der Waals surface area (Å²) in [6.07, 6.45) is 0. The number of nitrogens with two attached hydrogens (primary N) is 1. The molecule has 1 aliphatic rings. The van der Waals surface area contributed by atoms with Crippen molar-refractivity contribution in [1.82, 2.24) is 9.78 Å². The number of aromatic nitrogens is 2. The van der Waals surface area contributed by atoms with Crippen molar-refractivity contribution < 1.29 is 0 Å². The predicted octanol–water partition coefficient (Wildman–Crippen LogP) is 2.08. The number of nitrogens with zero attached hydrogens (tertiary/aromatic N) is 2. The molecule has 3 rings (SSSR count). The van der Waals surface area contributed by atoms with Gasteiger partial charge in [-0.2, -0.15) is 16.9 Å². The maximum atomic E-state index is 5.84. The van der Waals surface area contributed by atoms with Crippen LogP contribution in [-0.2, 0) is 18.1 Å². The summed E-state index contributed by atoms with van der Waals surface area (Å²) >= 11 is 1.91. The van der Waals surface area contributed by atoms with Crippen molar-refractivity contribution in [2.45, 2.75) is 18.1 Å². The van der Waals surface area contributed by atoms with Crippen molar-refractivity contribution >= 4 is 11.8 Å². The molecule has 0 spiro atoms. The number of hydrogen-bond acceptors (Lipinski definition) is 3. The van der Waals surface area contributed by atoms with Gasteiger partial charge in [0.2, 0.25) is 0 Å². The molecule has 0 unspecified atom stereocenters. The fourth-order valence-corrected chi connectivity index (χ4v) is 3.13. The van der Waals surface area contributed by atoms with Crippen LogP contribution in [0.2, 0.25) is 0 Å². The number of rotatable bonds is 2. The third-order valence-corrected chi connectivity index (χ3v) is 3.82. The summed E-state index contributed by atoms with van der Waals surface area (Å²) in [6.45, 7) is 0.553. The zero-order chi connectivity index (χ0) is 11.0. The van der Waals surface area contributed by atoms with Gasteiger partial charge in [0.25, 0.3) is 0 Å². The fourth-order valence-electron chi connectivity index (χ4n) is 2.06. The van der Waals surface area contributed by atoms with E-state index >= 15 is 0 Å². The summed E-state index contributed by atoms with van der Waals surface area (Å²) in [4.78, 5) is 0. The largest absolute Gasteiger partial charge is 0.325 e. The highest BCUT2D eigenvalue weighted by atomic mass is 32.2. The van der Waals surface area contributed by atoms with Gasteiger partial charge in [0.1, 0.15) is 0 Å². The van der Waals surface area contributed by atoms with Crippen LogP contribution in [0.15, 0.2) is 30.3 Å². The Kier molecular flexibility index (Phi) is 2.46. The van der Waals surface area contributed by atoms with Gasteiger partial charge in [-0.05, 0) is 12.1 Å². The van der Waals surface area contributed by atoms with E-state index in [9.17, 15) is 0 Å². The molecular formula is C12H13N3S. The Bertz CT molecular complexity index is 504. The van der Waals surface area contributed by atoms with Crippen LogP contribution in [-0.4, -0.2) is 9.78 Å². The molecule has 2 aromatic rings. The van der Waals surface area contributed by atoms with Crippen LogP contribution < -0.4 is 5.73 Å². The Morgan fingerprint density at radius 2 is 2.06 bits per heavy atom. The van der Waals surface area contributed by atoms with E-state index in [4.69, 9.17) is 5.73 Å². The highest BCUT2D eigenvalue weighted by molar-refractivity contribution is 7.98. The number of benzene rings is 1. The summed E-state index contributed by atoms with van der Waals surface area (Å²) < 4.78 is 1.99. The smallest absolute Gasteiger partial charge is 0.0771 e. The van der Waals surface area contributed by atoms with Crippen molar-refractivity contribution in [2.75, 3.05) is 0 Å². The molecule has 1 aromatic carbocycles. The van der Waals surface area contributed by atoms with Gasteiger partial charge in [0.05, 0.1) is 17.1 Å². The SMILES string of the molecule is NCc1c2c(nn1-c1ccccc1)CSC2. The summed E-state index contributed by atoms with van der Waals surface area (Å²) in [5.41, 5.74) is 10.6. The molecule has 0 aliphatic carbocycles. The highest BCUT2D eigenvalue weighted by Gasteiger charge is 2.21. The van der Waals surface area contributed by atoms with Gasteiger partial charge in [0.15, 0.2) is 0 Å². The molecular weight excluding hydrogens is 218 g/mol. The first-order valence-corrected chi connectivity index (χ1v) is 6.48. The molecule has 0 saturated carbocycles. The molecule has 0 fully saturated rings.